The summed E-state index contributed by atoms with van der Waals surface area (Å²) in [4.78, 5) is 14.0. The van der Waals surface area contributed by atoms with E-state index in [1.165, 1.54) is 7.11 Å². The van der Waals surface area contributed by atoms with Crippen LogP contribution in [0.2, 0.25) is 0 Å². The smallest absolute Gasteiger partial charge is 0.335 e. The third-order valence-corrected chi connectivity index (χ3v) is 2.90. The molecule has 0 aliphatic carbocycles. The van der Waals surface area contributed by atoms with Crippen molar-refractivity contribution in [2.45, 2.75) is 31.5 Å². The van der Waals surface area contributed by atoms with Crippen LogP contribution in [-0.2, 0) is 19.0 Å². The minimum absolute atomic E-state index is 0.000774. The molecule has 1 rings (SSSR count). The van der Waals surface area contributed by atoms with E-state index in [0.29, 0.717) is 0 Å². The molecule has 1 aliphatic heterocycles. The van der Waals surface area contributed by atoms with E-state index in [1.54, 1.807) is 6.92 Å². The number of methoxy groups -OCH3 is 1. The predicted octanol–water partition coefficient (Wildman–Crippen LogP) is -0.431. The van der Waals surface area contributed by atoms with Gasteiger partial charge in [0.05, 0.1) is 19.8 Å². The number of aliphatic hydroxyl groups excluding tert-OH is 2. The first-order chi connectivity index (χ1) is 9.02. The maximum absolute atomic E-state index is 11.5. The Balaban J connectivity index is 2.64. The molecule has 19 heavy (non-hydrogen) atoms. The fourth-order valence-electron chi connectivity index (χ4n) is 1.78. The molecule has 0 aromatic heterocycles. The van der Waals surface area contributed by atoms with Crippen LogP contribution in [0.25, 0.3) is 10.4 Å². The molecule has 1 saturated heterocycles. The molecule has 0 bridgehead atoms. The summed E-state index contributed by atoms with van der Waals surface area (Å²) in [5.41, 5.74) is 8.10. The lowest BCUT2D eigenvalue weighted by molar-refractivity contribution is -0.281. The number of nitrogens with zero attached hydrogens (tertiary/aromatic N) is 3. The van der Waals surface area contributed by atoms with Gasteiger partial charge in [-0.15, -0.1) is 0 Å². The van der Waals surface area contributed by atoms with Crippen molar-refractivity contribution >= 4 is 5.97 Å². The van der Waals surface area contributed by atoms with Gasteiger partial charge in [0.1, 0.15) is 6.10 Å². The lowest BCUT2D eigenvalue weighted by atomic mass is 9.91. The molecule has 1 heterocycles. The molecule has 2 unspecified atom stereocenters. The van der Waals surface area contributed by atoms with Crippen LogP contribution < -0.4 is 0 Å². The first-order valence-electron chi connectivity index (χ1n) is 5.74. The number of azide groups is 1. The first-order valence-corrected chi connectivity index (χ1v) is 5.74. The fourth-order valence-corrected chi connectivity index (χ4v) is 1.78. The van der Waals surface area contributed by atoms with Crippen molar-refractivity contribution in [2.75, 3.05) is 20.3 Å². The van der Waals surface area contributed by atoms with Crippen LogP contribution in [-0.4, -0.2) is 61.0 Å². The van der Waals surface area contributed by atoms with E-state index in [0.717, 1.165) is 0 Å². The highest BCUT2D eigenvalue weighted by molar-refractivity contribution is 5.75. The van der Waals surface area contributed by atoms with Gasteiger partial charge in [-0.3, -0.25) is 0 Å². The molecular formula is C10H17N3O6. The number of carbonyl (C=O) groups is 1. The molecule has 0 spiro atoms. The molecule has 0 aromatic rings. The maximum Gasteiger partial charge on any atom is 0.335 e. The van der Waals surface area contributed by atoms with Crippen LogP contribution in [0.1, 0.15) is 6.92 Å². The van der Waals surface area contributed by atoms with E-state index in [1.807, 2.05) is 0 Å². The van der Waals surface area contributed by atoms with Gasteiger partial charge in [-0.2, -0.15) is 0 Å². The second-order valence-corrected chi connectivity index (χ2v) is 4.11. The van der Waals surface area contributed by atoms with Crippen molar-refractivity contribution in [1.29, 1.82) is 0 Å². The van der Waals surface area contributed by atoms with E-state index in [2.05, 4.69) is 14.8 Å². The molecule has 5 atom stereocenters. The van der Waals surface area contributed by atoms with E-state index in [4.69, 9.17) is 15.0 Å². The van der Waals surface area contributed by atoms with Crippen LogP contribution in [0.3, 0.4) is 0 Å². The highest BCUT2D eigenvalue weighted by Crippen LogP contribution is 2.27. The van der Waals surface area contributed by atoms with Crippen LogP contribution in [0.5, 0.6) is 0 Å². The molecule has 1 fully saturated rings. The average Bonchev–Trinajstić information content (AvgIpc) is 2.42. The zero-order valence-electron chi connectivity index (χ0n) is 10.7. The summed E-state index contributed by atoms with van der Waals surface area (Å²) >= 11 is 0. The second kappa shape index (κ2) is 7.27. The minimum Gasteiger partial charge on any atom is -0.467 e. The maximum atomic E-state index is 11.5. The summed E-state index contributed by atoms with van der Waals surface area (Å²) in [5, 5.41) is 22.9. The zero-order valence-corrected chi connectivity index (χ0v) is 10.7. The zero-order chi connectivity index (χ0) is 14.4. The number of carbonyl (C=O) groups excluding carboxylic acids is 1. The lowest BCUT2D eigenvalue weighted by Gasteiger charge is -2.39. The van der Waals surface area contributed by atoms with Gasteiger partial charge >= 0.3 is 5.97 Å². The molecule has 2 N–H and O–H groups in total. The minimum atomic E-state index is -1.29. The quantitative estimate of drug-likeness (QED) is 0.230. The topological polar surface area (TPSA) is 134 Å². The van der Waals surface area contributed by atoms with Gasteiger partial charge in [-0.1, -0.05) is 12.0 Å². The van der Waals surface area contributed by atoms with Crippen molar-refractivity contribution in [2.24, 2.45) is 11.0 Å². The Labute approximate surface area is 109 Å². The Kier molecular flexibility index (Phi) is 6.00. The molecule has 0 radical (unpaired) electrons. The third-order valence-electron chi connectivity index (χ3n) is 2.90. The van der Waals surface area contributed by atoms with Crippen molar-refractivity contribution in [3.8, 4) is 0 Å². The summed E-state index contributed by atoms with van der Waals surface area (Å²) in [6, 6.07) is 0. The molecule has 0 amide bonds. The van der Waals surface area contributed by atoms with Crippen LogP contribution in [0, 0.1) is 5.92 Å². The van der Waals surface area contributed by atoms with Crippen LogP contribution in [0.15, 0.2) is 5.11 Å². The van der Waals surface area contributed by atoms with Crippen molar-refractivity contribution in [1.82, 2.24) is 0 Å². The molecule has 108 valence electrons. The van der Waals surface area contributed by atoms with Crippen LogP contribution >= 0.6 is 0 Å². The summed E-state index contributed by atoms with van der Waals surface area (Å²) in [6.45, 7) is 1.62. The van der Waals surface area contributed by atoms with Gasteiger partial charge in [-0.05, 0) is 5.53 Å². The number of esters is 1. The standard InChI is InChI=1S/C10H17N3O6/c1-5-6(14)7(15)10(18-4-3-12-13-11)19-8(5)9(16)17-2/h5-8,10,14-15H,3-4H2,1-2H3/t5-,6-,7?,8?,10+/m0/s1. The Hall–Kier alpha value is -1.38. The van der Waals surface area contributed by atoms with Crippen molar-refractivity contribution in [3.63, 3.8) is 0 Å². The van der Waals surface area contributed by atoms with Crippen LogP contribution in [0.4, 0.5) is 0 Å². The molecule has 0 aromatic carbocycles. The average molecular weight is 275 g/mol. The van der Waals surface area contributed by atoms with Gasteiger partial charge < -0.3 is 24.4 Å². The van der Waals surface area contributed by atoms with E-state index in [9.17, 15) is 15.0 Å². The van der Waals surface area contributed by atoms with Gasteiger partial charge in [0.2, 0.25) is 0 Å². The van der Waals surface area contributed by atoms with Crippen molar-refractivity contribution < 1.29 is 29.2 Å². The molecule has 9 heteroatoms. The highest BCUT2D eigenvalue weighted by Gasteiger charge is 2.46. The lowest BCUT2D eigenvalue weighted by Crippen LogP contribution is -2.56. The van der Waals surface area contributed by atoms with Gasteiger partial charge in [0.15, 0.2) is 12.4 Å². The molecular weight excluding hydrogens is 258 g/mol. The van der Waals surface area contributed by atoms with Gasteiger partial charge in [-0.25, -0.2) is 4.79 Å². The summed E-state index contributed by atoms with van der Waals surface area (Å²) in [7, 11) is 1.20. The van der Waals surface area contributed by atoms with E-state index in [-0.39, 0.29) is 13.2 Å². The summed E-state index contributed by atoms with van der Waals surface area (Å²) in [5.74, 6) is -1.28. The number of hydrogen-bond acceptors (Lipinski definition) is 7. The number of ether oxygens (including phenoxy) is 3. The van der Waals surface area contributed by atoms with Gasteiger partial charge in [0, 0.05) is 17.4 Å². The Bertz CT molecular complexity index is 359. The second-order valence-electron chi connectivity index (χ2n) is 4.11. The van der Waals surface area contributed by atoms with Crippen molar-refractivity contribution in [3.05, 3.63) is 10.4 Å². The monoisotopic (exact) mass is 275 g/mol. The third kappa shape index (κ3) is 3.79. The normalized spacial score (nSPS) is 34.4. The predicted molar refractivity (Wildman–Crippen MR) is 61.8 cm³/mol. The largest absolute Gasteiger partial charge is 0.467 e. The Morgan fingerprint density at radius 3 is 2.74 bits per heavy atom. The SMILES string of the molecule is COC(=O)C1O[C@@H](OCCN=[N+]=[N-])C(O)[C@@H](O)[C@@H]1C. The molecule has 9 nitrogen and oxygen atoms in total. The molecule has 0 saturated carbocycles. The number of hydrogen-bond donors (Lipinski definition) is 2. The summed E-state index contributed by atoms with van der Waals surface area (Å²) in [6.07, 6.45) is -4.67. The van der Waals surface area contributed by atoms with E-state index >= 15 is 0 Å². The highest BCUT2D eigenvalue weighted by atomic mass is 16.7. The molecule has 1 aliphatic rings. The fraction of sp³-hybridized carbons (Fsp3) is 0.900. The number of aliphatic hydroxyl groups is 2. The number of rotatable bonds is 5. The first kappa shape index (κ1) is 15.7. The van der Waals surface area contributed by atoms with Gasteiger partial charge in [0.25, 0.3) is 0 Å². The Morgan fingerprint density at radius 1 is 1.47 bits per heavy atom. The Morgan fingerprint density at radius 2 is 2.16 bits per heavy atom. The van der Waals surface area contributed by atoms with E-state index < -0.39 is 36.5 Å². The summed E-state index contributed by atoms with van der Waals surface area (Å²) < 4.78 is 15.0.